The minimum atomic E-state index is -0.462. The lowest BCUT2D eigenvalue weighted by Gasteiger charge is -2.25. The first-order chi connectivity index (χ1) is 7.45. The number of benzene rings is 1. The summed E-state index contributed by atoms with van der Waals surface area (Å²) in [5, 5.41) is 4.27. The molecule has 1 radical (unpaired) electrons. The Morgan fingerprint density at radius 1 is 1.20 bits per heavy atom. The number of nitrogens with zero attached hydrogens (tertiary/aromatic N) is 2. The van der Waals surface area contributed by atoms with E-state index in [2.05, 4.69) is 27.8 Å². The molecular formula is C10H11N2S3. The summed E-state index contributed by atoms with van der Waals surface area (Å²) in [6.07, 6.45) is 0. The summed E-state index contributed by atoms with van der Waals surface area (Å²) in [6.45, 7) is 0. The molecule has 2 aliphatic heterocycles. The lowest BCUT2D eigenvalue weighted by molar-refractivity contribution is 1.33. The van der Waals surface area contributed by atoms with Crippen molar-refractivity contribution in [2.45, 2.75) is 4.90 Å². The third kappa shape index (κ3) is 1.92. The molecule has 0 aromatic heterocycles. The first-order valence-corrected chi connectivity index (χ1v) is 8.26. The predicted molar refractivity (Wildman–Crippen MR) is 71.2 cm³/mol. The van der Waals surface area contributed by atoms with Crippen LogP contribution in [-0.4, -0.2) is 17.3 Å². The van der Waals surface area contributed by atoms with Gasteiger partial charge in [0.25, 0.3) is 0 Å². The summed E-state index contributed by atoms with van der Waals surface area (Å²) in [5.74, 6) is 3.66. The summed E-state index contributed by atoms with van der Waals surface area (Å²) >= 11 is 3.55. The van der Waals surface area contributed by atoms with Crippen molar-refractivity contribution in [3.8, 4) is 0 Å². The summed E-state index contributed by atoms with van der Waals surface area (Å²) in [7, 11) is 0. The Morgan fingerprint density at radius 2 is 2.13 bits per heavy atom. The molecule has 0 spiro atoms. The van der Waals surface area contributed by atoms with Gasteiger partial charge in [0.15, 0.2) is 0 Å². The van der Waals surface area contributed by atoms with Crippen molar-refractivity contribution >= 4 is 40.3 Å². The molecule has 3 rings (SSSR count). The normalized spacial score (nSPS) is 27.9. The molecule has 0 bridgehead atoms. The maximum absolute atomic E-state index is 4.45. The van der Waals surface area contributed by atoms with Gasteiger partial charge in [-0.15, -0.1) is 21.4 Å². The van der Waals surface area contributed by atoms with Gasteiger partial charge in [0.05, 0.1) is 5.69 Å². The number of hydrogen-bond acceptors (Lipinski definition) is 4. The minimum absolute atomic E-state index is 0.462. The van der Waals surface area contributed by atoms with Crippen molar-refractivity contribution in [2.75, 3.05) is 17.3 Å². The van der Waals surface area contributed by atoms with Crippen LogP contribution in [0.5, 0.6) is 0 Å². The number of rotatable bonds is 1. The molecule has 1 saturated heterocycles. The quantitative estimate of drug-likeness (QED) is 0.766. The highest BCUT2D eigenvalue weighted by Gasteiger charge is 2.28. The largest absolute Gasteiger partial charge is 0.159 e. The molecular weight excluding hydrogens is 244 g/mol. The topological polar surface area (TPSA) is 24.7 Å². The van der Waals surface area contributed by atoms with Crippen LogP contribution in [0.3, 0.4) is 0 Å². The van der Waals surface area contributed by atoms with E-state index in [1.54, 1.807) is 0 Å². The zero-order valence-corrected chi connectivity index (χ0v) is 10.6. The molecule has 0 N–H and O–H groups in total. The molecule has 15 heavy (non-hydrogen) atoms. The number of fused-ring (bicyclic) bond motifs is 1. The number of hydrogen-bond donors (Lipinski definition) is 1. The molecule has 0 amide bonds. The van der Waals surface area contributed by atoms with Crippen molar-refractivity contribution in [3.05, 3.63) is 28.8 Å². The molecule has 5 heteroatoms. The van der Waals surface area contributed by atoms with Gasteiger partial charge in [-0.05, 0) is 12.1 Å². The maximum Gasteiger partial charge on any atom is 0.100 e. The van der Waals surface area contributed by atoms with E-state index >= 15 is 0 Å². The lowest BCUT2D eigenvalue weighted by atomic mass is 10.3. The Hall–Kier alpha value is -0.130. The van der Waals surface area contributed by atoms with Gasteiger partial charge in [-0.2, -0.15) is 11.8 Å². The standard InChI is InChI=1S/C10H11N2S3/c1-2-4-9-8(3-1)11-12-15(9)10-7-13-5-6-14-10/h1-4,15H,5-7H2. The van der Waals surface area contributed by atoms with Crippen LogP contribution in [0.1, 0.15) is 0 Å². The van der Waals surface area contributed by atoms with Crippen molar-refractivity contribution < 1.29 is 0 Å². The molecule has 1 aromatic rings. The second-order valence-electron chi connectivity index (χ2n) is 3.28. The van der Waals surface area contributed by atoms with Gasteiger partial charge in [-0.1, -0.05) is 23.2 Å². The summed E-state index contributed by atoms with van der Waals surface area (Å²) in [4.78, 5) is 1.34. The fourth-order valence-electron chi connectivity index (χ4n) is 1.59. The van der Waals surface area contributed by atoms with Crippen molar-refractivity contribution in [2.24, 2.45) is 9.63 Å². The number of thioether (sulfide) groups is 2. The van der Waals surface area contributed by atoms with Crippen molar-refractivity contribution in [1.82, 2.24) is 0 Å². The average molecular weight is 255 g/mol. The molecule has 1 atom stereocenters. The SMILES string of the molecule is c1ccc2c(c1)N=N[SH]2[C]1CSCCS1. The van der Waals surface area contributed by atoms with Gasteiger partial charge >= 0.3 is 0 Å². The van der Waals surface area contributed by atoms with E-state index in [1.807, 2.05) is 29.6 Å². The fourth-order valence-corrected chi connectivity index (χ4v) is 6.68. The maximum atomic E-state index is 4.45. The molecule has 1 aromatic carbocycles. The van der Waals surface area contributed by atoms with E-state index < -0.39 is 11.1 Å². The molecule has 0 aliphatic carbocycles. The molecule has 1 unspecified atom stereocenters. The molecule has 2 heterocycles. The van der Waals surface area contributed by atoms with E-state index in [-0.39, 0.29) is 0 Å². The van der Waals surface area contributed by atoms with Gasteiger partial charge in [0.1, 0.15) is 4.58 Å². The van der Waals surface area contributed by atoms with E-state index in [0.29, 0.717) is 0 Å². The molecule has 79 valence electrons. The number of thiol groups is 1. The average Bonchev–Trinajstić information content (AvgIpc) is 2.74. The van der Waals surface area contributed by atoms with E-state index in [0.717, 1.165) is 11.4 Å². The van der Waals surface area contributed by atoms with Gasteiger partial charge in [-0.3, -0.25) is 0 Å². The first-order valence-electron chi connectivity index (χ1n) is 4.82. The van der Waals surface area contributed by atoms with Crippen LogP contribution in [0.2, 0.25) is 0 Å². The Labute approximate surface area is 101 Å². The third-order valence-electron chi connectivity index (χ3n) is 2.31. The minimum Gasteiger partial charge on any atom is -0.159 e. The van der Waals surface area contributed by atoms with Crippen LogP contribution in [0, 0.1) is 4.58 Å². The highest BCUT2D eigenvalue weighted by atomic mass is 32.3. The van der Waals surface area contributed by atoms with Crippen molar-refractivity contribution in [3.63, 3.8) is 0 Å². The van der Waals surface area contributed by atoms with Gasteiger partial charge < -0.3 is 0 Å². The second kappa shape index (κ2) is 4.39. The Bertz CT molecular complexity index is 388. The molecule has 2 nitrogen and oxygen atoms in total. The molecule has 1 fully saturated rings. The van der Waals surface area contributed by atoms with Gasteiger partial charge in [0, 0.05) is 22.2 Å². The van der Waals surface area contributed by atoms with Crippen LogP contribution in [0.4, 0.5) is 5.69 Å². The predicted octanol–water partition coefficient (Wildman–Crippen LogP) is 4.03. The lowest BCUT2D eigenvalue weighted by Crippen LogP contribution is -2.05. The molecule has 0 saturated carbocycles. The third-order valence-corrected chi connectivity index (χ3v) is 7.48. The highest BCUT2D eigenvalue weighted by Crippen LogP contribution is 2.61. The van der Waals surface area contributed by atoms with Crippen LogP contribution in [-0.2, 0) is 0 Å². The van der Waals surface area contributed by atoms with E-state index in [1.165, 1.54) is 21.0 Å². The second-order valence-corrected chi connectivity index (χ2v) is 7.71. The van der Waals surface area contributed by atoms with Gasteiger partial charge in [-0.25, -0.2) is 0 Å². The zero-order chi connectivity index (χ0) is 10.1. The fraction of sp³-hybridized carbons (Fsp3) is 0.300. The van der Waals surface area contributed by atoms with Crippen molar-refractivity contribution in [1.29, 1.82) is 0 Å². The smallest absolute Gasteiger partial charge is 0.100 e. The van der Waals surface area contributed by atoms with Gasteiger partial charge in [0.2, 0.25) is 0 Å². The summed E-state index contributed by atoms with van der Waals surface area (Å²) in [6, 6.07) is 8.35. The Kier molecular flexibility index (Phi) is 2.94. The Morgan fingerprint density at radius 3 is 3.00 bits per heavy atom. The summed E-state index contributed by atoms with van der Waals surface area (Å²) in [5.41, 5.74) is 1.08. The molecule has 2 aliphatic rings. The monoisotopic (exact) mass is 255 g/mol. The van der Waals surface area contributed by atoms with E-state index in [4.69, 9.17) is 0 Å². The van der Waals surface area contributed by atoms with Crippen LogP contribution in [0.25, 0.3) is 0 Å². The zero-order valence-electron chi connectivity index (χ0n) is 8.09. The van der Waals surface area contributed by atoms with E-state index in [9.17, 15) is 0 Å². The van der Waals surface area contributed by atoms with Crippen LogP contribution >= 0.6 is 34.6 Å². The summed E-state index contributed by atoms with van der Waals surface area (Å²) < 4.78 is 5.98. The first kappa shape index (κ1) is 10.1. The van der Waals surface area contributed by atoms with Crippen LogP contribution < -0.4 is 0 Å². The Balaban J connectivity index is 1.86. The van der Waals surface area contributed by atoms with Crippen LogP contribution in [0.15, 0.2) is 38.8 Å². The highest BCUT2D eigenvalue weighted by molar-refractivity contribution is 8.31.